The van der Waals surface area contributed by atoms with Gasteiger partial charge >= 0.3 is 0 Å². The minimum absolute atomic E-state index is 0.101. The maximum absolute atomic E-state index is 12.0. The molecule has 0 aliphatic carbocycles. The molecule has 0 heterocycles. The molecule has 6 heteroatoms. The molecule has 0 atom stereocenters. The van der Waals surface area contributed by atoms with Crippen molar-refractivity contribution in [1.82, 2.24) is 10.6 Å². The van der Waals surface area contributed by atoms with Gasteiger partial charge in [0.25, 0.3) is 5.91 Å². The number of ether oxygens (including phenoxy) is 1. The molecule has 0 aliphatic rings. The van der Waals surface area contributed by atoms with Gasteiger partial charge in [-0.05, 0) is 30.2 Å². The molecular formula is C18H19ClN2O3. The van der Waals surface area contributed by atoms with Crippen molar-refractivity contribution in [3.05, 3.63) is 64.7 Å². The van der Waals surface area contributed by atoms with E-state index in [1.807, 2.05) is 24.3 Å². The lowest BCUT2D eigenvalue weighted by atomic mass is 10.1. The number of carbonyl (C=O) groups is 2. The minimum Gasteiger partial charge on any atom is -0.496 e. The fraction of sp³-hybridized carbons (Fsp3) is 0.222. The Bertz CT molecular complexity index is 719. The lowest BCUT2D eigenvalue weighted by molar-refractivity contribution is -0.120. The van der Waals surface area contributed by atoms with Crippen LogP contribution in [0.1, 0.15) is 15.9 Å². The highest BCUT2D eigenvalue weighted by molar-refractivity contribution is 6.33. The molecule has 0 radical (unpaired) electrons. The highest BCUT2D eigenvalue weighted by atomic mass is 35.5. The minimum atomic E-state index is -0.375. The van der Waals surface area contributed by atoms with E-state index in [2.05, 4.69) is 10.6 Å². The lowest BCUT2D eigenvalue weighted by Crippen LogP contribution is -2.37. The molecule has 0 saturated carbocycles. The maximum atomic E-state index is 12.0. The molecule has 5 nitrogen and oxygen atoms in total. The summed E-state index contributed by atoms with van der Waals surface area (Å²) in [5.74, 6) is 0.157. The second-order valence-electron chi connectivity index (χ2n) is 5.07. The molecule has 0 saturated heterocycles. The van der Waals surface area contributed by atoms with Crippen molar-refractivity contribution in [1.29, 1.82) is 0 Å². The van der Waals surface area contributed by atoms with Crippen molar-refractivity contribution in [2.24, 2.45) is 0 Å². The zero-order chi connectivity index (χ0) is 17.4. The third-order valence-electron chi connectivity index (χ3n) is 3.44. The molecule has 0 aliphatic heterocycles. The van der Waals surface area contributed by atoms with Crippen LogP contribution in [0.2, 0.25) is 5.02 Å². The van der Waals surface area contributed by atoms with E-state index >= 15 is 0 Å². The van der Waals surface area contributed by atoms with E-state index in [-0.39, 0.29) is 18.4 Å². The zero-order valence-electron chi connectivity index (χ0n) is 13.3. The van der Waals surface area contributed by atoms with Gasteiger partial charge < -0.3 is 15.4 Å². The second-order valence-corrected chi connectivity index (χ2v) is 5.48. The summed E-state index contributed by atoms with van der Waals surface area (Å²) in [7, 11) is 1.61. The SMILES string of the molecule is COc1ccccc1CCNC(=O)CNC(=O)c1ccccc1Cl. The van der Waals surface area contributed by atoms with E-state index in [1.54, 1.807) is 31.4 Å². The molecule has 24 heavy (non-hydrogen) atoms. The Balaban J connectivity index is 1.76. The van der Waals surface area contributed by atoms with Crippen LogP contribution in [0.4, 0.5) is 0 Å². The van der Waals surface area contributed by atoms with Gasteiger partial charge in [-0.15, -0.1) is 0 Å². The highest BCUT2D eigenvalue weighted by Crippen LogP contribution is 2.17. The Morgan fingerprint density at radius 2 is 1.75 bits per heavy atom. The molecule has 0 unspecified atom stereocenters. The van der Waals surface area contributed by atoms with E-state index < -0.39 is 0 Å². The molecule has 2 rings (SSSR count). The van der Waals surface area contributed by atoms with Crippen LogP contribution in [0.25, 0.3) is 0 Å². The predicted octanol–water partition coefficient (Wildman–Crippen LogP) is 2.44. The van der Waals surface area contributed by atoms with Gasteiger partial charge in [0.2, 0.25) is 5.91 Å². The predicted molar refractivity (Wildman–Crippen MR) is 93.5 cm³/mol. The number of amides is 2. The van der Waals surface area contributed by atoms with E-state index in [0.29, 0.717) is 23.6 Å². The highest BCUT2D eigenvalue weighted by Gasteiger charge is 2.11. The summed E-state index contributed by atoms with van der Waals surface area (Å²) < 4.78 is 5.26. The summed E-state index contributed by atoms with van der Waals surface area (Å²) in [6, 6.07) is 14.3. The van der Waals surface area contributed by atoms with Gasteiger partial charge in [0, 0.05) is 6.54 Å². The molecular weight excluding hydrogens is 328 g/mol. The van der Waals surface area contributed by atoms with Crippen molar-refractivity contribution >= 4 is 23.4 Å². The lowest BCUT2D eigenvalue weighted by Gasteiger charge is -2.10. The number of benzene rings is 2. The zero-order valence-corrected chi connectivity index (χ0v) is 14.1. The first-order valence-electron chi connectivity index (χ1n) is 7.53. The Hall–Kier alpha value is -2.53. The first-order valence-corrected chi connectivity index (χ1v) is 7.91. The summed E-state index contributed by atoms with van der Waals surface area (Å²) in [5.41, 5.74) is 1.36. The van der Waals surface area contributed by atoms with E-state index in [0.717, 1.165) is 11.3 Å². The van der Waals surface area contributed by atoms with Gasteiger partial charge in [0.15, 0.2) is 0 Å². The number of carbonyl (C=O) groups excluding carboxylic acids is 2. The second kappa shape index (κ2) is 8.93. The molecule has 126 valence electrons. The number of hydrogen-bond donors (Lipinski definition) is 2. The molecule has 0 bridgehead atoms. The Morgan fingerprint density at radius 3 is 2.50 bits per heavy atom. The normalized spacial score (nSPS) is 10.1. The Labute approximate surface area is 146 Å². The number of halogens is 1. The summed E-state index contributed by atoms with van der Waals surface area (Å²) in [6.45, 7) is 0.358. The first-order chi connectivity index (χ1) is 11.6. The number of nitrogens with one attached hydrogen (secondary N) is 2. The fourth-order valence-corrected chi connectivity index (χ4v) is 2.43. The van der Waals surface area contributed by atoms with E-state index in [1.165, 1.54) is 0 Å². The van der Waals surface area contributed by atoms with Crippen LogP contribution in [-0.4, -0.2) is 32.0 Å². The van der Waals surface area contributed by atoms with Crippen molar-refractivity contribution < 1.29 is 14.3 Å². The van der Waals surface area contributed by atoms with Crippen molar-refractivity contribution in [3.63, 3.8) is 0 Å². The first kappa shape index (κ1) is 17.8. The summed E-state index contributed by atoms with van der Waals surface area (Å²) in [4.78, 5) is 23.8. The summed E-state index contributed by atoms with van der Waals surface area (Å²) in [5, 5.41) is 5.67. The van der Waals surface area contributed by atoms with Gasteiger partial charge in [0.05, 0.1) is 24.2 Å². The largest absolute Gasteiger partial charge is 0.496 e. The van der Waals surface area contributed by atoms with Gasteiger partial charge in [-0.25, -0.2) is 0 Å². The quantitative estimate of drug-likeness (QED) is 0.809. The monoisotopic (exact) mass is 346 g/mol. The molecule has 2 aromatic rings. The van der Waals surface area contributed by atoms with E-state index in [4.69, 9.17) is 16.3 Å². The van der Waals surface area contributed by atoms with Crippen LogP contribution >= 0.6 is 11.6 Å². The fourth-order valence-electron chi connectivity index (χ4n) is 2.21. The number of methoxy groups -OCH3 is 1. The maximum Gasteiger partial charge on any atom is 0.253 e. The van der Waals surface area contributed by atoms with Gasteiger partial charge in [0.1, 0.15) is 5.75 Å². The summed E-state index contributed by atoms with van der Waals surface area (Å²) >= 11 is 5.94. The third kappa shape index (κ3) is 4.99. The molecule has 2 aromatic carbocycles. The molecule has 0 aromatic heterocycles. The average molecular weight is 347 g/mol. The smallest absolute Gasteiger partial charge is 0.253 e. The molecule has 0 fully saturated rings. The van der Waals surface area contributed by atoms with Crippen LogP contribution in [-0.2, 0) is 11.2 Å². The van der Waals surface area contributed by atoms with E-state index in [9.17, 15) is 9.59 Å². The topological polar surface area (TPSA) is 67.4 Å². The van der Waals surface area contributed by atoms with Crippen LogP contribution in [0.15, 0.2) is 48.5 Å². The van der Waals surface area contributed by atoms with Crippen molar-refractivity contribution in [2.75, 3.05) is 20.2 Å². The number of rotatable bonds is 7. The molecule has 2 N–H and O–H groups in total. The summed E-state index contributed by atoms with van der Waals surface area (Å²) in [6.07, 6.45) is 0.647. The van der Waals surface area contributed by atoms with Crippen molar-refractivity contribution in [2.45, 2.75) is 6.42 Å². The standard InChI is InChI=1S/C18H19ClN2O3/c1-24-16-9-5-2-6-13(16)10-11-20-17(22)12-21-18(23)14-7-3-4-8-15(14)19/h2-9H,10-12H2,1H3,(H,20,22)(H,21,23). The van der Waals surface area contributed by atoms with Crippen LogP contribution < -0.4 is 15.4 Å². The van der Waals surface area contributed by atoms with Gasteiger partial charge in [-0.2, -0.15) is 0 Å². The van der Waals surface area contributed by atoms with Crippen molar-refractivity contribution in [3.8, 4) is 5.75 Å². The van der Waals surface area contributed by atoms with Gasteiger partial charge in [-0.1, -0.05) is 41.9 Å². The third-order valence-corrected chi connectivity index (χ3v) is 3.77. The molecule has 0 spiro atoms. The Morgan fingerprint density at radius 1 is 1.04 bits per heavy atom. The molecule has 2 amide bonds. The average Bonchev–Trinajstić information content (AvgIpc) is 2.60. The number of para-hydroxylation sites is 1. The number of hydrogen-bond acceptors (Lipinski definition) is 3. The van der Waals surface area contributed by atoms with Crippen LogP contribution in [0, 0.1) is 0 Å². The van der Waals surface area contributed by atoms with Crippen LogP contribution in [0.5, 0.6) is 5.75 Å². The van der Waals surface area contributed by atoms with Crippen LogP contribution in [0.3, 0.4) is 0 Å². The Kier molecular flexibility index (Phi) is 6.63. The van der Waals surface area contributed by atoms with Gasteiger partial charge in [-0.3, -0.25) is 9.59 Å².